The summed E-state index contributed by atoms with van der Waals surface area (Å²) in [7, 11) is -3.14. The minimum Gasteiger partial charge on any atom is -0.335 e. The fourth-order valence-corrected chi connectivity index (χ4v) is 2.91. The van der Waals surface area contributed by atoms with Gasteiger partial charge in [-0.15, -0.1) is 0 Å². The zero-order valence-corrected chi connectivity index (χ0v) is 11.9. The molecule has 2 rings (SSSR count). The molecule has 20 heavy (non-hydrogen) atoms. The molecule has 1 aliphatic rings. The molecule has 0 unspecified atom stereocenters. The first kappa shape index (κ1) is 14.7. The number of aromatic nitrogens is 2. The van der Waals surface area contributed by atoms with Crippen molar-refractivity contribution in [1.29, 1.82) is 0 Å². The molecule has 0 aromatic carbocycles. The molecule has 0 bridgehead atoms. The monoisotopic (exact) mass is 299 g/mol. The normalized spacial score (nSPS) is 17.6. The highest BCUT2D eigenvalue weighted by Crippen LogP contribution is 2.13. The highest BCUT2D eigenvalue weighted by molar-refractivity contribution is 7.88. The first-order valence-electron chi connectivity index (χ1n) is 6.24. The Balaban J connectivity index is 1.79. The van der Waals surface area contributed by atoms with Crippen molar-refractivity contribution in [2.75, 3.05) is 24.7 Å². The number of anilines is 1. The maximum Gasteiger partial charge on any atom is 0.320 e. The molecular formula is C11H17N5O3S. The van der Waals surface area contributed by atoms with E-state index in [0.717, 1.165) is 0 Å². The molecule has 1 saturated heterocycles. The van der Waals surface area contributed by atoms with Gasteiger partial charge in [0.15, 0.2) is 0 Å². The molecule has 8 nitrogen and oxygen atoms in total. The third-order valence-electron chi connectivity index (χ3n) is 3.08. The van der Waals surface area contributed by atoms with Gasteiger partial charge in [0.25, 0.3) is 0 Å². The van der Waals surface area contributed by atoms with Gasteiger partial charge in [0, 0.05) is 25.3 Å². The second kappa shape index (κ2) is 6.14. The van der Waals surface area contributed by atoms with Crippen LogP contribution in [-0.4, -0.2) is 54.1 Å². The summed E-state index contributed by atoms with van der Waals surface area (Å²) >= 11 is 0. The lowest BCUT2D eigenvalue weighted by atomic mass is 10.1. The lowest BCUT2D eigenvalue weighted by Gasteiger charge is -2.30. The van der Waals surface area contributed by atoms with Gasteiger partial charge < -0.3 is 5.32 Å². The molecule has 2 heterocycles. The Bertz CT molecular complexity index is 555. The van der Waals surface area contributed by atoms with Crippen molar-refractivity contribution in [3.8, 4) is 0 Å². The standard InChI is InChI=1S/C11H17N5O3S/c1-20(18,19)16-6-3-9(4-7-16)14-11(17)15-10-2-5-12-8-13-10/h2,5,8-9H,3-4,6-7H2,1H3,(H2,12,13,14,15,17). The van der Waals surface area contributed by atoms with Gasteiger partial charge in [-0.05, 0) is 18.9 Å². The van der Waals surface area contributed by atoms with Crippen molar-refractivity contribution in [2.45, 2.75) is 18.9 Å². The highest BCUT2D eigenvalue weighted by atomic mass is 32.2. The van der Waals surface area contributed by atoms with Gasteiger partial charge in [-0.3, -0.25) is 5.32 Å². The zero-order chi connectivity index (χ0) is 14.6. The molecule has 0 spiro atoms. The Hall–Kier alpha value is -1.74. The van der Waals surface area contributed by atoms with Crippen LogP contribution in [0.15, 0.2) is 18.6 Å². The molecule has 0 atom stereocenters. The van der Waals surface area contributed by atoms with Crippen molar-refractivity contribution in [3.63, 3.8) is 0 Å². The van der Waals surface area contributed by atoms with Crippen molar-refractivity contribution >= 4 is 21.9 Å². The molecule has 0 aliphatic carbocycles. The van der Waals surface area contributed by atoms with E-state index in [1.54, 1.807) is 6.07 Å². The van der Waals surface area contributed by atoms with Crippen LogP contribution >= 0.6 is 0 Å². The smallest absolute Gasteiger partial charge is 0.320 e. The quantitative estimate of drug-likeness (QED) is 0.819. The molecule has 2 amide bonds. The van der Waals surface area contributed by atoms with E-state index in [-0.39, 0.29) is 12.1 Å². The first-order chi connectivity index (χ1) is 9.45. The Labute approximate surface area is 117 Å². The van der Waals surface area contributed by atoms with Crippen LogP contribution in [0, 0.1) is 0 Å². The number of carbonyl (C=O) groups excluding carboxylic acids is 1. The summed E-state index contributed by atoms with van der Waals surface area (Å²) in [4.78, 5) is 19.4. The maximum atomic E-state index is 11.7. The molecule has 1 aromatic heterocycles. The predicted octanol–water partition coefficient (Wildman–Crippen LogP) is 0.0221. The van der Waals surface area contributed by atoms with Crippen LogP contribution in [0.2, 0.25) is 0 Å². The third kappa shape index (κ3) is 4.14. The molecule has 0 saturated carbocycles. The number of rotatable bonds is 3. The van der Waals surface area contributed by atoms with Crippen LogP contribution in [0.25, 0.3) is 0 Å². The molecular weight excluding hydrogens is 282 g/mol. The number of nitrogens with one attached hydrogen (secondary N) is 2. The SMILES string of the molecule is CS(=O)(=O)N1CCC(NC(=O)Nc2ccncn2)CC1. The van der Waals surface area contributed by atoms with Crippen molar-refractivity contribution in [3.05, 3.63) is 18.6 Å². The second-order valence-electron chi connectivity index (χ2n) is 4.63. The number of hydrogen-bond donors (Lipinski definition) is 2. The average molecular weight is 299 g/mol. The van der Waals surface area contributed by atoms with E-state index in [4.69, 9.17) is 0 Å². The average Bonchev–Trinajstić information content (AvgIpc) is 2.39. The van der Waals surface area contributed by atoms with E-state index in [1.165, 1.54) is 23.1 Å². The van der Waals surface area contributed by atoms with E-state index in [0.29, 0.717) is 31.7 Å². The van der Waals surface area contributed by atoms with Crippen molar-refractivity contribution in [1.82, 2.24) is 19.6 Å². The van der Waals surface area contributed by atoms with Crippen LogP contribution in [0.1, 0.15) is 12.8 Å². The summed E-state index contributed by atoms with van der Waals surface area (Å²) in [5.74, 6) is 0.422. The Morgan fingerprint density at radius 1 is 1.40 bits per heavy atom. The van der Waals surface area contributed by atoms with Gasteiger partial charge in [0.2, 0.25) is 10.0 Å². The number of carbonyl (C=O) groups is 1. The van der Waals surface area contributed by atoms with Gasteiger partial charge in [-0.2, -0.15) is 0 Å². The van der Waals surface area contributed by atoms with Crippen molar-refractivity contribution < 1.29 is 13.2 Å². The fourth-order valence-electron chi connectivity index (χ4n) is 2.03. The maximum absolute atomic E-state index is 11.7. The van der Waals surface area contributed by atoms with Crippen LogP contribution in [0.3, 0.4) is 0 Å². The van der Waals surface area contributed by atoms with Gasteiger partial charge in [-0.1, -0.05) is 0 Å². The molecule has 9 heteroatoms. The van der Waals surface area contributed by atoms with E-state index in [2.05, 4.69) is 20.6 Å². The summed E-state index contributed by atoms with van der Waals surface area (Å²) in [6.07, 6.45) is 5.28. The van der Waals surface area contributed by atoms with Crippen LogP contribution in [0.5, 0.6) is 0 Å². The van der Waals surface area contributed by atoms with Crippen molar-refractivity contribution in [2.24, 2.45) is 0 Å². The van der Waals surface area contributed by atoms with Crippen LogP contribution in [0.4, 0.5) is 10.6 Å². The van der Waals surface area contributed by atoms with Gasteiger partial charge in [-0.25, -0.2) is 27.5 Å². The molecule has 110 valence electrons. The van der Waals surface area contributed by atoms with Crippen LogP contribution < -0.4 is 10.6 Å². The molecule has 1 fully saturated rings. The number of sulfonamides is 1. The third-order valence-corrected chi connectivity index (χ3v) is 4.38. The molecule has 1 aromatic rings. The van der Waals surface area contributed by atoms with Gasteiger partial charge >= 0.3 is 6.03 Å². The van der Waals surface area contributed by atoms with Gasteiger partial charge in [0.1, 0.15) is 12.1 Å². The topological polar surface area (TPSA) is 104 Å². The number of hydrogen-bond acceptors (Lipinski definition) is 5. The lowest BCUT2D eigenvalue weighted by Crippen LogP contribution is -2.47. The Morgan fingerprint density at radius 2 is 2.10 bits per heavy atom. The molecule has 1 aliphatic heterocycles. The summed E-state index contributed by atoms with van der Waals surface area (Å²) in [5, 5.41) is 5.41. The summed E-state index contributed by atoms with van der Waals surface area (Å²) in [6, 6.07) is 1.21. The molecule has 2 N–H and O–H groups in total. The summed E-state index contributed by atoms with van der Waals surface area (Å²) in [6.45, 7) is 0.856. The number of piperidine rings is 1. The lowest BCUT2D eigenvalue weighted by molar-refractivity contribution is 0.238. The van der Waals surface area contributed by atoms with E-state index in [1.807, 2.05) is 0 Å². The van der Waals surface area contributed by atoms with E-state index < -0.39 is 10.0 Å². The van der Waals surface area contributed by atoms with Crippen LogP contribution in [-0.2, 0) is 10.0 Å². The largest absolute Gasteiger partial charge is 0.335 e. The number of urea groups is 1. The predicted molar refractivity (Wildman–Crippen MR) is 73.6 cm³/mol. The first-order valence-corrected chi connectivity index (χ1v) is 8.08. The second-order valence-corrected chi connectivity index (χ2v) is 6.61. The zero-order valence-electron chi connectivity index (χ0n) is 11.1. The number of nitrogens with zero attached hydrogens (tertiary/aromatic N) is 3. The Morgan fingerprint density at radius 3 is 2.65 bits per heavy atom. The minimum atomic E-state index is -3.14. The minimum absolute atomic E-state index is 0.0326. The van der Waals surface area contributed by atoms with Gasteiger partial charge in [0.05, 0.1) is 6.26 Å². The Kier molecular flexibility index (Phi) is 4.50. The summed E-state index contributed by atoms with van der Waals surface area (Å²) < 4.78 is 24.2. The van der Waals surface area contributed by atoms with E-state index >= 15 is 0 Å². The highest BCUT2D eigenvalue weighted by Gasteiger charge is 2.25. The number of amides is 2. The van der Waals surface area contributed by atoms with E-state index in [9.17, 15) is 13.2 Å². The fraction of sp³-hybridized carbons (Fsp3) is 0.545. The summed E-state index contributed by atoms with van der Waals surface area (Å²) in [5.41, 5.74) is 0. The molecule has 0 radical (unpaired) electrons.